The van der Waals surface area contributed by atoms with Crippen molar-refractivity contribution < 1.29 is 4.79 Å². The molecule has 5 heteroatoms. The van der Waals surface area contributed by atoms with Crippen molar-refractivity contribution in [1.29, 1.82) is 0 Å². The Balaban J connectivity index is 2.14. The Morgan fingerprint density at radius 2 is 2.16 bits per heavy atom. The number of hydrogen-bond donors (Lipinski definition) is 1. The SMILES string of the molecule is CN(Cc1cccc(Br)c1)C(=O)c1ncccc1N. The quantitative estimate of drug-likeness (QED) is 0.946. The van der Waals surface area contributed by atoms with Gasteiger partial charge >= 0.3 is 0 Å². The number of anilines is 1. The minimum atomic E-state index is -0.182. The van der Waals surface area contributed by atoms with E-state index in [0.717, 1.165) is 10.0 Å². The van der Waals surface area contributed by atoms with Crippen LogP contribution in [0.2, 0.25) is 0 Å². The summed E-state index contributed by atoms with van der Waals surface area (Å²) in [5, 5.41) is 0. The fourth-order valence-electron chi connectivity index (χ4n) is 1.76. The highest BCUT2D eigenvalue weighted by atomic mass is 79.9. The second kappa shape index (κ2) is 5.84. The maximum atomic E-state index is 12.2. The zero-order valence-corrected chi connectivity index (χ0v) is 12.1. The number of carbonyl (C=O) groups excluding carboxylic acids is 1. The molecule has 1 heterocycles. The molecule has 2 rings (SSSR count). The topological polar surface area (TPSA) is 59.2 Å². The molecule has 0 radical (unpaired) electrons. The van der Waals surface area contributed by atoms with E-state index in [1.807, 2.05) is 24.3 Å². The van der Waals surface area contributed by atoms with Gasteiger partial charge in [-0.2, -0.15) is 0 Å². The molecule has 0 aliphatic heterocycles. The molecule has 1 aromatic carbocycles. The van der Waals surface area contributed by atoms with Crippen LogP contribution in [0.25, 0.3) is 0 Å². The molecule has 4 nitrogen and oxygen atoms in total. The monoisotopic (exact) mass is 319 g/mol. The Hall–Kier alpha value is -1.88. The number of aromatic nitrogens is 1. The zero-order valence-electron chi connectivity index (χ0n) is 10.5. The second-order valence-corrected chi connectivity index (χ2v) is 5.15. The van der Waals surface area contributed by atoms with Crippen LogP contribution in [0.3, 0.4) is 0 Å². The van der Waals surface area contributed by atoms with Crippen molar-refractivity contribution in [2.24, 2.45) is 0 Å². The Morgan fingerprint density at radius 1 is 1.37 bits per heavy atom. The smallest absolute Gasteiger partial charge is 0.274 e. The van der Waals surface area contributed by atoms with Gasteiger partial charge < -0.3 is 10.6 Å². The van der Waals surface area contributed by atoms with Gasteiger partial charge in [-0.15, -0.1) is 0 Å². The summed E-state index contributed by atoms with van der Waals surface area (Å²) < 4.78 is 0.989. The number of hydrogen-bond acceptors (Lipinski definition) is 3. The Labute approximate surface area is 120 Å². The fourth-order valence-corrected chi connectivity index (χ4v) is 2.20. The summed E-state index contributed by atoms with van der Waals surface area (Å²) in [5.41, 5.74) is 7.49. The number of benzene rings is 1. The van der Waals surface area contributed by atoms with Crippen LogP contribution in [-0.2, 0) is 6.54 Å². The molecule has 1 amide bonds. The van der Waals surface area contributed by atoms with E-state index in [1.165, 1.54) is 0 Å². The lowest BCUT2D eigenvalue weighted by molar-refractivity contribution is 0.0780. The van der Waals surface area contributed by atoms with Crippen molar-refractivity contribution in [3.8, 4) is 0 Å². The van der Waals surface area contributed by atoms with Gasteiger partial charge in [0, 0.05) is 24.3 Å². The molecule has 0 saturated carbocycles. The van der Waals surface area contributed by atoms with Crippen LogP contribution in [0.4, 0.5) is 5.69 Å². The van der Waals surface area contributed by atoms with Gasteiger partial charge in [0.15, 0.2) is 5.69 Å². The largest absolute Gasteiger partial charge is 0.397 e. The number of nitrogens with two attached hydrogens (primary N) is 1. The summed E-state index contributed by atoms with van der Waals surface area (Å²) in [7, 11) is 1.73. The molecule has 0 fully saturated rings. The van der Waals surface area contributed by atoms with E-state index in [4.69, 9.17) is 5.73 Å². The van der Waals surface area contributed by atoms with E-state index in [0.29, 0.717) is 17.9 Å². The predicted octanol–water partition coefficient (Wildman–Crippen LogP) is 2.70. The van der Waals surface area contributed by atoms with Gasteiger partial charge in [-0.05, 0) is 29.8 Å². The number of nitrogens with zero attached hydrogens (tertiary/aromatic N) is 2. The third-order valence-electron chi connectivity index (χ3n) is 2.70. The average molecular weight is 320 g/mol. The third-order valence-corrected chi connectivity index (χ3v) is 3.19. The first kappa shape index (κ1) is 13.5. The summed E-state index contributed by atoms with van der Waals surface area (Å²) in [5.74, 6) is -0.182. The normalized spacial score (nSPS) is 10.2. The van der Waals surface area contributed by atoms with Gasteiger partial charge in [-0.3, -0.25) is 4.79 Å². The number of nitrogen functional groups attached to an aromatic ring is 1. The molecule has 0 aliphatic carbocycles. The first-order valence-electron chi connectivity index (χ1n) is 5.78. The zero-order chi connectivity index (χ0) is 13.8. The molecule has 19 heavy (non-hydrogen) atoms. The summed E-state index contributed by atoms with van der Waals surface area (Å²) in [6, 6.07) is 11.2. The molecule has 0 bridgehead atoms. The molecule has 0 saturated heterocycles. The van der Waals surface area contributed by atoms with Crippen molar-refractivity contribution in [2.75, 3.05) is 12.8 Å². The maximum absolute atomic E-state index is 12.2. The third kappa shape index (κ3) is 3.32. The lowest BCUT2D eigenvalue weighted by Crippen LogP contribution is -2.27. The summed E-state index contributed by atoms with van der Waals surface area (Å²) >= 11 is 3.41. The molecule has 0 spiro atoms. The lowest BCUT2D eigenvalue weighted by atomic mass is 10.2. The van der Waals surface area contributed by atoms with Gasteiger partial charge in [0.05, 0.1) is 5.69 Å². The van der Waals surface area contributed by atoms with Crippen molar-refractivity contribution in [3.63, 3.8) is 0 Å². The van der Waals surface area contributed by atoms with Gasteiger partial charge in [0.1, 0.15) is 0 Å². The van der Waals surface area contributed by atoms with Crippen LogP contribution >= 0.6 is 15.9 Å². The van der Waals surface area contributed by atoms with Crippen LogP contribution in [0.1, 0.15) is 16.1 Å². The highest BCUT2D eigenvalue weighted by molar-refractivity contribution is 9.10. The molecular weight excluding hydrogens is 306 g/mol. The molecule has 0 atom stereocenters. The van der Waals surface area contributed by atoms with E-state index in [2.05, 4.69) is 20.9 Å². The van der Waals surface area contributed by atoms with Gasteiger partial charge in [-0.25, -0.2) is 4.98 Å². The van der Waals surface area contributed by atoms with Gasteiger partial charge in [0.2, 0.25) is 0 Å². The molecular formula is C14H14BrN3O. The second-order valence-electron chi connectivity index (χ2n) is 4.23. The molecule has 2 aromatic rings. The van der Waals surface area contributed by atoms with E-state index in [9.17, 15) is 4.79 Å². The first-order valence-corrected chi connectivity index (χ1v) is 6.57. The summed E-state index contributed by atoms with van der Waals surface area (Å²) in [6.07, 6.45) is 1.57. The predicted molar refractivity (Wildman–Crippen MR) is 78.6 cm³/mol. The van der Waals surface area contributed by atoms with Gasteiger partial charge in [-0.1, -0.05) is 28.1 Å². The highest BCUT2D eigenvalue weighted by Crippen LogP contribution is 2.15. The number of halogens is 1. The summed E-state index contributed by atoms with van der Waals surface area (Å²) in [6.45, 7) is 0.508. The Morgan fingerprint density at radius 3 is 2.84 bits per heavy atom. The minimum Gasteiger partial charge on any atom is -0.397 e. The van der Waals surface area contributed by atoms with Crippen LogP contribution in [-0.4, -0.2) is 22.8 Å². The van der Waals surface area contributed by atoms with Crippen molar-refractivity contribution in [3.05, 3.63) is 58.3 Å². The molecule has 0 unspecified atom stereocenters. The number of carbonyl (C=O) groups is 1. The van der Waals surface area contributed by atoms with Gasteiger partial charge in [0.25, 0.3) is 5.91 Å². The van der Waals surface area contributed by atoms with E-state index in [-0.39, 0.29) is 5.91 Å². The highest BCUT2D eigenvalue weighted by Gasteiger charge is 2.15. The summed E-state index contributed by atoms with van der Waals surface area (Å²) in [4.78, 5) is 17.9. The Kier molecular flexibility index (Phi) is 4.16. The lowest BCUT2D eigenvalue weighted by Gasteiger charge is -2.17. The van der Waals surface area contributed by atoms with Crippen molar-refractivity contribution in [2.45, 2.75) is 6.54 Å². The van der Waals surface area contributed by atoms with E-state index < -0.39 is 0 Å². The van der Waals surface area contributed by atoms with Crippen LogP contribution in [0.5, 0.6) is 0 Å². The number of amides is 1. The maximum Gasteiger partial charge on any atom is 0.274 e. The Bertz CT molecular complexity index is 601. The van der Waals surface area contributed by atoms with E-state index in [1.54, 1.807) is 30.3 Å². The first-order chi connectivity index (χ1) is 9.08. The van der Waals surface area contributed by atoms with Crippen molar-refractivity contribution >= 4 is 27.5 Å². The van der Waals surface area contributed by atoms with Crippen LogP contribution in [0, 0.1) is 0 Å². The number of pyridine rings is 1. The molecule has 98 valence electrons. The standard InChI is InChI=1S/C14H14BrN3O/c1-18(9-10-4-2-5-11(15)8-10)14(19)13-12(16)6-3-7-17-13/h2-8H,9,16H2,1H3. The minimum absolute atomic E-state index is 0.182. The average Bonchev–Trinajstić information content (AvgIpc) is 2.38. The molecule has 0 aliphatic rings. The van der Waals surface area contributed by atoms with E-state index >= 15 is 0 Å². The van der Waals surface area contributed by atoms with Crippen LogP contribution in [0.15, 0.2) is 47.1 Å². The molecule has 2 N–H and O–H groups in total. The number of rotatable bonds is 3. The van der Waals surface area contributed by atoms with Crippen molar-refractivity contribution in [1.82, 2.24) is 9.88 Å². The fraction of sp³-hybridized carbons (Fsp3) is 0.143. The molecule has 1 aromatic heterocycles. The van der Waals surface area contributed by atoms with Crippen LogP contribution < -0.4 is 5.73 Å².